The van der Waals surface area contributed by atoms with E-state index in [2.05, 4.69) is 194 Å². The van der Waals surface area contributed by atoms with E-state index in [0.717, 1.165) is 33.1 Å². The normalized spacial score (nSPS) is 12.0. The first-order valence-corrected chi connectivity index (χ1v) is 20.7. The van der Waals surface area contributed by atoms with Crippen LogP contribution in [0, 0.1) is 0 Å². The van der Waals surface area contributed by atoms with Gasteiger partial charge in [0.15, 0.2) is 0 Å². The van der Waals surface area contributed by atoms with Gasteiger partial charge < -0.3 is 0 Å². The topological polar surface area (TPSA) is 25.8 Å². The summed E-state index contributed by atoms with van der Waals surface area (Å²) in [6.07, 6.45) is 1.85. The summed E-state index contributed by atoms with van der Waals surface area (Å²) in [6.45, 7) is 0. The molecule has 2 heteroatoms. The Morgan fingerprint density at radius 1 is 0.267 bits per heavy atom. The van der Waals surface area contributed by atoms with Crippen molar-refractivity contribution in [2.24, 2.45) is 0 Å². The molecule has 276 valence electrons. The van der Waals surface area contributed by atoms with Gasteiger partial charge in [0.2, 0.25) is 0 Å². The van der Waals surface area contributed by atoms with Gasteiger partial charge in [-0.2, -0.15) is 0 Å². The van der Waals surface area contributed by atoms with Gasteiger partial charge >= 0.3 is 0 Å². The van der Waals surface area contributed by atoms with Crippen molar-refractivity contribution >= 4 is 97.2 Å². The second-order valence-corrected chi connectivity index (χ2v) is 16.0. The summed E-state index contributed by atoms with van der Waals surface area (Å²) in [7, 11) is 0. The molecule has 0 radical (unpaired) electrons. The van der Waals surface area contributed by atoms with Crippen molar-refractivity contribution < 1.29 is 0 Å². The molecule has 13 rings (SSSR count). The number of fused-ring (bicyclic) bond motifs is 10. The van der Waals surface area contributed by atoms with Crippen LogP contribution >= 0.6 is 0 Å². The number of rotatable bonds is 3. The maximum absolute atomic E-state index is 5.16. The average molecular weight is 759 g/mol. The molecule has 2 aromatic heterocycles. The number of hydrogen-bond donors (Lipinski definition) is 0. The van der Waals surface area contributed by atoms with E-state index in [9.17, 15) is 0 Å². The molecule has 0 aliphatic rings. The fourth-order valence-corrected chi connectivity index (χ4v) is 10.2. The van der Waals surface area contributed by atoms with Crippen molar-refractivity contribution in [1.82, 2.24) is 9.97 Å². The van der Waals surface area contributed by atoms with Crippen molar-refractivity contribution in [2.45, 2.75) is 0 Å². The molecule has 11 aromatic carbocycles. The lowest BCUT2D eigenvalue weighted by Gasteiger charge is -2.20. The monoisotopic (exact) mass is 758 g/mol. The third-order valence-electron chi connectivity index (χ3n) is 12.8. The zero-order valence-corrected chi connectivity index (χ0v) is 32.5. The fourth-order valence-electron chi connectivity index (χ4n) is 10.2. The third-order valence-corrected chi connectivity index (χ3v) is 12.8. The van der Waals surface area contributed by atoms with Crippen molar-refractivity contribution in [1.29, 1.82) is 0 Å². The molecule has 0 fully saturated rings. The summed E-state index contributed by atoms with van der Waals surface area (Å²) in [5.74, 6) is 0. The molecule has 0 aliphatic heterocycles. The van der Waals surface area contributed by atoms with Crippen LogP contribution in [0.15, 0.2) is 206 Å². The molecule has 0 spiro atoms. The zero-order chi connectivity index (χ0) is 39.3. The van der Waals surface area contributed by atoms with Crippen molar-refractivity contribution in [3.63, 3.8) is 0 Å². The Bertz CT molecular complexity index is 3880. The van der Waals surface area contributed by atoms with Crippen molar-refractivity contribution in [3.8, 4) is 33.5 Å². The quantitative estimate of drug-likeness (QED) is 0.132. The summed E-state index contributed by atoms with van der Waals surface area (Å²) in [4.78, 5) is 9.85. The smallest absolute Gasteiger partial charge is 0.0972 e. The van der Waals surface area contributed by atoms with Crippen LogP contribution in [-0.2, 0) is 0 Å². The summed E-state index contributed by atoms with van der Waals surface area (Å²) >= 11 is 0. The van der Waals surface area contributed by atoms with Crippen LogP contribution in [0.5, 0.6) is 0 Å². The van der Waals surface area contributed by atoms with Crippen LogP contribution in [0.2, 0.25) is 0 Å². The first-order valence-electron chi connectivity index (χ1n) is 20.7. The van der Waals surface area contributed by atoms with Gasteiger partial charge in [-0.05, 0) is 110 Å². The number of hydrogen-bond acceptors (Lipinski definition) is 2. The van der Waals surface area contributed by atoms with Crippen LogP contribution in [0.1, 0.15) is 0 Å². The Kier molecular flexibility index (Phi) is 7.05. The van der Waals surface area contributed by atoms with Gasteiger partial charge in [-0.3, -0.25) is 4.98 Å². The van der Waals surface area contributed by atoms with E-state index in [-0.39, 0.29) is 0 Å². The predicted molar refractivity (Wildman–Crippen MR) is 256 cm³/mol. The molecule has 2 nitrogen and oxygen atoms in total. The molecule has 0 aliphatic carbocycles. The van der Waals surface area contributed by atoms with Crippen LogP contribution < -0.4 is 0 Å². The molecule has 60 heavy (non-hydrogen) atoms. The lowest BCUT2D eigenvalue weighted by molar-refractivity contribution is 1.37. The summed E-state index contributed by atoms with van der Waals surface area (Å²) in [5.41, 5.74) is 8.78. The van der Waals surface area contributed by atoms with Crippen molar-refractivity contribution in [2.75, 3.05) is 0 Å². The standard InChI is InChI=1S/C58H34N2/c1-2-15-43-41(14-1)42-20-7-11-36-28-29-37-12-8-21-46(54(37)53(36)42)49-22-9-23-50(55(43)49)56-47-18-5-3-16-44(47)52(45-17-4-6-19-48(45)56)38-26-24-35(25-27-38)51-33-32-40-31-30-39-13-10-34-59-57(39)58(40)60-51/h1-34H. The molecule has 0 atom stereocenters. The molecule has 0 saturated carbocycles. The molecule has 0 amide bonds. The predicted octanol–water partition coefficient (Wildman–Crippen LogP) is 15.9. The van der Waals surface area contributed by atoms with Crippen LogP contribution in [0.4, 0.5) is 0 Å². The Balaban J connectivity index is 1.09. The van der Waals surface area contributed by atoms with Crippen molar-refractivity contribution in [3.05, 3.63) is 206 Å². The first kappa shape index (κ1) is 33.1. The van der Waals surface area contributed by atoms with Crippen LogP contribution in [0.3, 0.4) is 0 Å². The lowest BCUT2D eigenvalue weighted by Crippen LogP contribution is -1.93. The molecule has 0 N–H and O–H groups in total. The van der Waals surface area contributed by atoms with E-state index in [1.165, 1.54) is 97.7 Å². The van der Waals surface area contributed by atoms with Gasteiger partial charge in [0.05, 0.1) is 16.7 Å². The van der Waals surface area contributed by atoms with E-state index in [1.54, 1.807) is 0 Å². The lowest BCUT2D eigenvalue weighted by atomic mass is 9.83. The molecule has 0 saturated heterocycles. The number of aromatic nitrogens is 2. The van der Waals surface area contributed by atoms with E-state index < -0.39 is 0 Å². The molecule has 13 aromatic rings. The summed E-state index contributed by atoms with van der Waals surface area (Å²) in [5, 5.41) is 19.9. The van der Waals surface area contributed by atoms with Gasteiger partial charge in [-0.15, -0.1) is 0 Å². The first-order chi connectivity index (χ1) is 29.8. The minimum Gasteiger partial charge on any atom is -0.254 e. The van der Waals surface area contributed by atoms with Gasteiger partial charge in [-0.1, -0.05) is 188 Å². The maximum Gasteiger partial charge on any atom is 0.0972 e. The zero-order valence-electron chi connectivity index (χ0n) is 32.5. The van der Waals surface area contributed by atoms with E-state index >= 15 is 0 Å². The second-order valence-electron chi connectivity index (χ2n) is 16.0. The molecule has 0 bridgehead atoms. The minimum atomic E-state index is 0.928. The number of nitrogens with zero attached hydrogens (tertiary/aromatic N) is 2. The second kappa shape index (κ2) is 12.8. The maximum atomic E-state index is 5.16. The van der Waals surface area contributed by atoms with Gasteiger partial charge in [0.25, 0.3) is 0 Å². The highest BCUT2D eigenvalue weighted by Crippen LogP contribution is 2.48. The highest BCUT2D eigenvalue weighted by molar-refractivity contribution is 6.35. The average Bonchev–Trinajstić information content (AvgIpc) is 3.32. The number of pyridine rings is 2. The Labute approximate surface area is 345 Å². The van der Waals surface area contributed by atoms with E-state index in [0.29, 0.717) is 0 Å². The van der Waals surface area contributed by atoms with E-state index in [1.807, 2.05) is 12.3 Å². The molecular weight excluding hydrogens is 725 g/mol. The van der Waals surface area contributed by atoms with Gasteiger partial charge in [0.1, 0.15) is 0 Å². The third kappa shape index (κ3) is 4.76. The molecule has 2 heterocycles. The van der Waals surface area contributed by atoms with Gasteiger partial charge in [-0.25, -0.2) is 4.98 Å². The highest BCUT2D eigenvalue weighted by Gasteiger charge is 2.20. The largest absolute Gasteiger partial charge is 0.254 e. The Morgan fingerprint density at radius 3 is 1.38 bits per heavy atom. The SMILES string of the molecule is c1cnc2c(c1)ccc1ccc(-c3ccc(-c4c5ccccc5c(-c5cccc6c7cccc8ccc9cccc(c%10ccccc%10c56)c9c87)c5ccccc45)cc3)nc12. The van der Waals surface area contributed by atoms with Gasteiger partial charge in [0, 0.05) is 22.5 Å². The van der Waals surface area contributed by atoms with Crippen LogP contribution in [0.25, 0.3) is 131 Å². The minimum absolute atomic E-state index is 0.928. The number of benzene rings is 10. The molecule has 0 unspecified atom stereocenters. The van der Waals surface area contributed by atoms with Crippen LogP contribution in [-0.4, -0.2) is 9.97 Å². The summed E-state index contributed by atoms with van der Waals surface area (Å²) < 4.78 is 0. The fraction of sp³-hybridized carbons (Fsp3) is 0. The highest BCUT2D eigenvalue weighted by atomic mass is 14.7. The Hall–Kier alpha value is -7.94. The Morgan fingerprint density at radius 2 is 0.717 bits per heavy atom. The van der Waals surface area contributed by atoms with E-state index in [4.69, 9.17) is 9.97 Å². The summed E-state index contributed by atoms with van der Waals surface area (Å²) in [6, 6.07) is 73.7. The molecular formula is C58H34N2.